The molecule has 0 atom stereocenters. The van der Waals surface area contributed by atoms with E-state index in [1.165, 1.54) is 0 Å². The molecule has 0 spiro atoms. The Hall–Kier alpha value is -0.610. The monoisotopic (exact) mass is 226 g/mol. The lowest BCUT2D eigenvalue weighted by Crippen LogP contribution is -2.42. The van der Waals surface area contributed by atoms with Crippen molar-refractivity contribution in [1.29, 1.82) is 0 Å². The maximum atomic E-state index is 11.5. The molecule has 4 nitrogen and oxygen atoms in total. The Bertz CT molecular complexity index is 212. The van der Waals surface area contributed by atoms with Crippen LogP contribution in [-0.2, 0) is 4.79 Å². The first-order chi connectivity index (χ1) is 7.65. The normalized spacial score (nSPS) is 17.8. The Morgan fingerprint density at radius 2 is 1.94 bits per heavy atom. The maximum absolute atomic E-state index is 11.5. The lowest BCUT2D eigenvalue weighted by atomic mass is 10.0. The van der Waals surface area contributed by atoms with Gasteiger partial charge in [-0.15, -0.1) is 0 Å². The van der Waals surface area contributed by atoms with Crippen molar-refractivity contribution >= 4 is 5.91 Å². The van der Waals surface area contributed by atoms with Crippen molar-refractivity contribution in [3.63, 3.8) is 0 Å². The van der Waals surface area contributed by atoms with Crippen LogP contribution in [0.4, 0.5) is 0 Å². The van der Waals surface area contributed by atoms with Crippen molar-refractivity contribution in [2.45, 2.75) is 32.2 Å². The largest absolute Gasteiger partial charge is 0.349 e. The van der Waals surface area contributed by atoms with Crippen LogP contribution in [0.3, 0.4) is 0 Å². The average Bonchev–Trinajstić information content (AvgIpc) is 2.30. The van der Waals surface area contributed by atoms with Crippen LogP contribution in [0.2, 0.25) is 0 Å². The molecule has 0 bridgehead atoms. The molecule has 1 amide bonds. The van der Waals surface area contributed by atoms with Gasteiger partial charge in [0.15, 0.2) is 0 Å². The first kappa shape index (κ1) is 13.5. The van der Waals surface area contributed by atoms with Crippen LogP contribution in [0.15, 0.2) is 0 Å². The van der Waals surface area contributed by atoms with E-state index in [0.717, 1.165) is 39.0 Å². The second-order valence-electron chi connectivity index (χ2n) is 4.57. The topological polar surface area (TPSA) is 37.7 Å². The van der Waals surface area contributed by atoms with Crippen molar-refractivity contribution in [3.05, 3.63) is 0 Å². The van der Waals surface area contributed by atoms with E-state index in [2.05, 4.69) is 17.1 Å². The molecule has 1 aliphatic rings. The van der Waals surface area contributed by atoms with E-state index in [4.69, 9.17) is 0 Å². The molecular formula is C12H24N3O. The average molecular weight is 226 g/mol. The first-order valence-corrected chi connectivity index (χ1v) is 6.22. The van der Waals surface area contributed by atoms with E-state index in [0.29, 0.717) is 12.5 Å². The summed E-state index contributed by atoms with van der Waals surface area (Å²) in [5.41, 5.74) is 0. The number of piperidine rings is 1. The van der Waals surface area contributed by atoms with Crippen LogP contribution in [0, 0.1) is 0 Å². The van der Waals surface area contributed by atoms with Gasteiger partial charge in [0, 0.05) is 46.2 Å². The number of nitrogens with zero attached hydrogens (tertiary/aromatic N) is 3. The standard InChI is InChI=1S/C12H24N3O/c1-4-15(10-7-12(16)14(2)3)11-5-8-13-9-6-11/h11H,4-10H2,1-3H3. The molecule has 4 heteroatoms. The molecule has 1 rings (SSSR count). The van der Waals surface area contributed by atoms with Crippen molar-refractivity contribution < 1.29 is 4.79 Å². The van der Waals surface area contributed by atoms with Gasteiger partial charge in [0.1, 0.15) is 0 Å². The molecule has 1 aliphatic heterocycles. The van der Waals surface area contributed by atoms with Gasteiger partial charge in [-0.3, -0.25) is 4.79 Å². The fourth-order valence-corrected chi connectivity index (χ4v) is 2.16. The van der Waals surface area contributed by atoms with Gasteiger partial charge in [-0.05, 0) is 19.4 Å². The smallest absolute Gasteiger partial charge is 0.223 e. The molecule has 1 saturated heterocycles. The molecule has 93 valence electrons. The van der Waals surface area contributed by atoms with Crippen LogP contribution >= 0.6 is 0 Å². The zero-order chi connectivity index (χ0) is 12.0. The molecular weight excluding hydrogens is 202 g/mol. The van der Waals surface area contributed by atoms with Crippen LogP contribution in [0.1, 0.15) is 26.2 Å². The number of hydrogen-bond donors (Lipinski definition) is 0. The quantitative estimate of drug-likeness (QED) is 0.687. The Labute approximate surface area is 99.0 Å². The molecule has 0 aliphatic carbocycles. The molecule has 16 heavy (non-hydrogen) atoms. The van der Waals surface area contributed by atoms with Gasteiger partial charge >= 0.3 is 0 Å². The second kappa shape index (κ2) is 6.86. The summed E-state index contributed by atoms with van der Waals surface area (Å²) < 4.78 is 0. The second-order valence-corrected chi connectivity index (χ2v) is 4.57. The van der Waals surface area contributed by atoms with E-state index in [1.807, 2.05) is 14.1 Å². The minimum atomic E-state index is 0.221. The van der Waals surface area contributed by atoms with Gasteiger partial charge in [-0.1, -0.05) is 6.92 Å². The molecule has 0 unspecified atom stereocenters. The Kier molecular flexibility index (Phi) is 5.77. The van der Waals surface area contributed by atoms with Crippen LogP contribution in [-0.4, -0.2) is 62.0 Å². The van der Waals surface area contributed by atoms with Crippen molar-refractivity contribution in [2.75, 3.05) is 40.3 Å². The van der Waals surface area contributed by atoms with Gasteiger partial charge in [0.2, 0.25) is 5.91 Å². The maximum Gasteiger partial charge on any atom is 0.223 e. The number of carbonyl (C=O) groups is 1. The lowest BCUT2D eigenvalue weighted by Gasteiger charge is -2.33. The van der Waals surface area contributed by atoms with Gasteiger partial charge in [-0.2, -0.15) is 0 Å². The van der Waals surface area contributed by atoms with E-state index in [9.17, 15) is 4.79 Å². The Morgan fingerprint density at radius 1 is 1.31 bits per heavy atom. The fourth-order valence-electron chi connectivity index (χ4n) is 2.16. The summed E-state index contributed by atoms with van der Waals surface area (Å²) >= 11 is 0. The van der Waals surface area contributed by atoms with E-state index >= 15 is 0 Å². The highest BCUT2D eigenvalue weighted by Gasteiger charge is 2.20. The first-order valence-electron chi connectivity index (χ1n) is 6.22. The molecule has 1 heterocycles. The summed E-state index contributed by atoms with van der Waals surface area (Å²) in [4.78, 5) is 15.6. The van der Waals surface area contributed by atoms with Gasteiger partial charge in [-0.25, -0.2) is 5.32 Å². The summed E-state index contributed by atoms with van der Waals surface area (Å²) in [6.07, 6.45) is 2.95. The summed E-state index contributed by atoms with van der Waals surface area (Å²) in [5, 5.41) is 4.37. The van der Waals surface area contributed by atoms with Gasteiger partial charge in [0.05, 0.1) is 0 Å². The number of amides is 1. The summed E-state index contributed by atoms with van der Waals surface area (Å²) in [7, 11) is 3.64. The molecule has 0 N–H and O–H groups in total. The summed E-state index contributed by atoms with van der Waals surface area (Å²) in [6, 6.07) is 0.637. The van der Waals surface area contributed by atoms with Crippen LogP contribution in [0.5, 0.6) is 0 Å². The third kappa shape index (κ3) is 4.10. The minimum Gasteiger partial charge on any atom is -0.349 e. The summed E-state index contributed by atoms with van der Waals surface area (Å²) in [6.45, 7) is 6.07. The highest BCUT2D eigenvalue weighted by molar-refractivity contribution is 5.75. The molecule has 0 aromatic heterocycles. The van der Waals surface area contributed by atoms with Gasteiger partial charge in [0.25, 0.3) is 0 Å². The predicted octanol–water partition coefficient (Wildman–Crippen LogP) is 0.553. The lowest BCUT2D eigenvalue weighted by molar-refractivity contribution is -0.129. The third-order valence-corrected chi connectivity index (χ3v) is 3.28. The van der Waals surface area contributed by atoms with Crippen molar-refractivity contribution in [2.24, 2.45) is 0 Å². The molecule has 1 radical (unpaired) electrons. The Morgan fingerprint density at radius 3 is 2.44 bits per heavy atom. The number of rotatable bonds is 5. The fraction of sp³-hybridized carbons (Fsp3) is 0.917. The van der Waals surface area contributed by atoms with Gasteiger partial charge < -0.3 is 9.80 Å². The summed E-state index contributed by atoms with van der Waals surface area (Å²) in [5.74, 6) is 0.221. The van der Waals surface area contributed by atoms with Crippen LogP contribution in [0.25, 0.3) is 0 Å². The molecule has 0 aromatic rings. The molecule has 1 fully saturated rings. The van der Waals surface area contributed by atoms with Crippen molar-refractivity contribution in [1.82, 2.24) is 15.1 Å². The highest BCUT2D eigenvalue weighted by Crippen LogP contribution is 2.12. The predicted molar refractivity (Wildman–Crippen MR) is 65.4 cm³/mol. The minimum absolute atomic E-state index is 0.221. The van der Waals surface area contributed by atoms with Crippen LogP contribution < -0.4 is 5.32 Å². The van der Waals surface area contributed by atoms with E-state index in [1.54, 1.807) is 4.90 Å². The van der Waals surface area contributed by atoms with Crippen molar-refractivity contribution in [3.8, 4) is 0 Å². The zero-order valence-electron chi connectivity index (χ0n) is 10.8. The third-order valence-electron chi connectivity index (χ3n) is 3.28. The highest BCUT2D eigenvalue weighted by atomic mass is 16.2. The number of carbonyl (C=O) groups excluding carboxylic acids is 1. The SMILES string of the molecule is CCN(CCC(=O)N(C)C)C1CC[N]CC1. The molecule has 0 saturated carbocycles. The number of hydrogen-bond acceptors (Lipinski definition) is 2. The zero-order valence-corrected chi connectivity index (χ0v) is 10.8. The van der Waals surface area contributed by atoms with E-state index < -0.39 is 0 Å². The Balaban J connectivity index is 2.33. The molecule has 0 aromatic carbocycles. The van der Waals surface area contributed by atoms with E-state index in [-0.39, 0.29) is 5.91 Å².